The van der Waals surface area contributed by atoms with Gasteiger partial charge in [0.15, 0.2) is 0 Å². The van der Waals surface area contributed by atoms with Gasteiger partial charge in [-0.25, -0.2) is 4.79 Å². The molecule has 5 heteroatoms. The third kappa shape index (κ3) is 3.15. The van der Waals surface area contributed by atoms with Gasteiger partial charge in [0.05, 0.1) is 25.1 Å². The van der Waals surface area contributed by atoms with Crippen molar-refractivity contribution in [1.29, 1.82) is 0 Å². The first-order valence-corrected chi connectivity index (χ1v) is 7.70. The first kappa shape index (κ1) is 15.8. The molecule has 2 aromatic carbocycles. The molecule has 24 heavy (non-hydrogen) atoms. The van der Waals surface area contributed by atoms with Crippen LogP contribution in [0.3, 0.4) is 0 Å². The number of nitrogens with zero attached hydrogens (tertiary/aromatic N) is 2. The van der Waals surface area contributed by atoms with E-state index in [1.807, 2.05) is 60.7 Å². The first-order chi connectivity index (χ1) is 11.7. The molecule has 3 aromatic rings. The first-order valence-electron chi connectivity index (χ1n) is 7.70. The summed E-state index contributed by atoms with van der Waals surface area (Å²) in [4.78, 5) is 12.3. The Morgan fingerprint density at radius 2 is 1.75 bits per heavy atom. The number of carbonyl (C=O) groups excluding carboxylic acids is 1. The minimum atomic E-state index is -0.495. The largest absolute Gasteiger partial charge is 0.497 e. The monoisotopic (exact) mass is 322 g/mol. The van der Waals surface area contributed by atoms with Crippen LogP contribution in [0.2, 0.25) is 0 Å². The van der Waals surface area contributed by atoms with Gasteiger partial charge in [-0.15, -0.1) is 0 Å². The van der Waals surface area contributed by atoms with Crippen molar-refractivity contribution in [3.05, 3.63) is 60.7 Å². The zero-order chi connectivity index (χ0) is 16.9. The number of methoxy groups -OCH3 is 1. The fourth-order valence-electron chi connectivity index (χ4n) is 2.42. The average Bonchev–Trinajstić information content (AvgIpc) is 3.08. The van der Waals surface area contributed by atoms with Gasteiger partial charge >= 0.3 is 6.09 Å². The Bertz CT molecular complexity index is 824. The molecule has 1 aromatic heterocycles. The molecule has 0 aliphatic heterocycles. The van der Waals surface area contributed by atoms with E-state index >= 15 is 0 Å². The molecule has 0 spiro atoms. The fraction of sp³-hybridized carbons (Fsp3) is 0.158. The smallest absolute Gasteiger partial charge is 0.435 e. The van der Waals surface area contributed by atoms with Crippen LogP contribution >= 0.6 is 0 Å². The lowest BCUT2D eigenvalue weighted by Crippen LogP contribution is -2.16. The van der Waals surface area contributed by atoms with E-state index in [0.29, 0.717) is 12.3 Å². The van der Waals surface area contributed by atoms with Crippen LogP contribution in [-0.2, 0) is 4.74 Å². The van der Waals surface area contributed by atoms with E-state index in [9.17, 15) is 4.79 Å². The molecule has 0 saturated carbocycles. The van der Waals surface area contributed by atoms with Crippen LogP contribution in [0.1, 0.15) is 6.92 Å². The van der Waals surface area contributed by atoms with Gasteiger partial charge in [-0.2, -0.15) is 9.78 Å². The summed E-state index contributed by atoms with van der Waals surface area (Å²) in [6, 6.07) is 19.1. The lowest BCUT2D eigenvalue weighted by Gasteiger charge is -2.06. The molecule has 0 unspecified atom stereocenters. The van der Waals surface area contributed by atoms with Crippen molar-refractivity contribution in [3.8, 4) is 28.3 Å². The van der Waals surface area contributed by atoms with Gasteiger partial charge in [-0.05, 0) is 37.3 Å². The van der Waals surface area contributed by atoms with Gasteiger partial charge in [0.2, 0.25) is 0 Å². The van der Waals surface area contributed by atoms with Gasteiger partial charge in [0.1, 0.15) is 5.75 Å². The maximum Gasteiger partial charge on any atom is 0.435 e. The topological polar surface area (TPSA) is 53.4 Å². The Labute approximate surface area is 140 Å². The maximum atomic E-state index is 12.3. The highest BCUT2D eigenvalue weighted by atomic mass is 16.6. The number of ether oxygens (including phenoxy) is 2. The highest BCUT2D eigenvalue weighted by Gasteiger charge is 2.17. The molecular weight excluding hydrogens is 304 g/mol. The minimum absolute atomic E-state index is 0.293. The fourth-order valence-corrected chi connectivity index (χ4v) is 2.42. The Balaban J connectivity index is 2.08. The highest BCUT2D eigenvalue weighted by molar-refractivity contribution is 5.80. The number of carbonyl (C=O) groups is 1. The van der Waals surface area contributed by atoms with Crippen LogP contribution in [-0.4, -0.2) is 29.6 Å². The molecule has 0 amide bonds. The van der Waals surface area contributed by atoms with Gasteiger partial charge in [0.25, 0.3) is 0 Å². The average molecular weight is 322 g/mol. The molecule has 0 N–H and O–H groups in total. The number of hydrogen-bond donors (Lipinski definition) is 0. The van der Waals surface area contributed by atoms with Crippen LogP contribution in [0, 0.1) is 0 Å². The summed E-state index contributed by atoms with van der Waals surface area (Å²) >= 11 is 0. The second kappa shape index (κ2) is 7.00. The number of benzene rings is 2. The Hall–Kier alpha value is -3.08. The molecule has 0 aliphatic carbocycles. The standard InChI is InChI=1S/C19H18N2O3/c1-3-24-19(22)21-18(15-9-11-16(23-2)12-10-15)13-17(20-21)14-7-5-4-6-8-14/h4-13H,3H2,1-2H3. The number of aromatic nitrogens is 2. The summed E-state index contributed by atoms with van der Waals surface area (Å²) < 4.78 is 11.6. The Morgan fingerprint density at radius 1 is 1.04 bits per heavy atom. The summed E-state index contributed by atoms with van der Waals surface area (Å²) in [5.74, 6) is 0.754. The van der Waals surface area contributed by atoms with Crippen molar-refractivity contribution < 1.29 is 14.3 Å². The second-order valence-corrected chi connectivity index (χ2v) is 5.12. The zero-order valence-electron chi connectivity index (χ0n) is 13.6. The van der Waals surface area contributed by atoms with Crippen molar-refractivity contribution in [2.75, 3.05) is 13.7 Å². The number of rotatable bonds is 4. The van der Waals surface area contributed by atoms with Crippen molar-refractivity contribution in [1.82, 2.24) is 9.78 Å². The van der Waals surface area contributed by atoms with E-state index in [0.717, 1.165) is 22.6 Å². The molecule has 0 atom stereocenters. The maximum absolute atomic E-state index is 12.3. The lowest BCUT2D eigenvalue weighted by molar-refractivity contribution is 0.151. The number of hydrogen-bond acceptors (Lipinski definition) is 4. The van der Waals surface area contributed by atoms with E-state index in [2.05, 4.69) is 5.10 Å². The molecule has 3 rings (SSSR count). The van der Waals surface area contributed by atoms with Gasteiger partial charge in [-0.1, -0.05) is 30.3 Å². The summed E-state index contributed by atoms with van der Waals surface area (Å²) in [6.07, 6.45) is -0.495. The van der Waals surface area contributed by atoms with E-state index in [4.69, 9.17) is 9.47 Å². The van der Waals surface area contributed by atoms with Gasteiger partial charge in [-0.3, -0.25) is 0 Å². The van der Waals surface area contributed by atoms with Gasteiger partial charge in [0, 0.05) is 11.1 Å². The third-order valence-corrected chi connectivity index (χ3v) is 3.61. The van der Waals surface area contributed by atoms with Crippen LogP contribution in [0.15, 0.2) is 60.7 Å². The SMILES string of the molecule is CCOC(=O)n1nc(-c2ccccc2)cc1-c1ccc(OC)cc1. The van der Waals surface area contributed by atoms with Crippen molar-refractivity contribution in [2.45, 2.75) is 6.92 Å². The summed E-state index contributed by atoms with van der Waals surface area (Å²) in [6.45, 7) is 2.06. The van der Waals surface area contributed by atoms with E-state index in [1.54, 1.807) is 14.0 Å². The predicted octanol–water partition coefficient (Wildman–Crippen LogP) is 4.23. The van der Waals surface area contributed by atoms with Crippen molar-refractivity contribution >= 4 is 6.09 Å². The summed E-state index contributed by atoms with van der Waals surface area (Å²) in [5.41, 5.74) is 3.19. The molecule has 122 valence electrons. The molecular formula is C19H18N2O3. The third-order valence-electron chi connectivity index (χ3n) is 3.61. The Kier molecular flexibility index (Phi) is 4.61. The van der Waals surface area contributed by atoms with Crippen LogP contribution in [0.4, 0.5) is 4.79 Å². The summed E-state index contributed by atoms with van der Waals surface area (Å²) in [7, 11) is 1.62. The minimum Gasteiger partial charge on any atom is -0.497 e. The predicted molar refractivity (Wildman–Crippen MR) is 92.1 cm³/mol. The molecule has 0 saturated heterocycles. The Morgan fingerprint density at radius 3 is 2.38 bits per heavy atom. The normalized spacial score (nSPS) is 10.4. The van der Waals surface area contributed by atoms with E-state index < -0.39 is 6.09 Å². The van der Waals surface area contributed by atoms with E-state index in [-0.39, 0.29) is 0 Å². The zero-order valence-corrected chi connectivity index (χ0v) is 13.6. The lowest BCUT2D eigenvalue weighted by atomic mass is 10.1. The second-order valence-electron chi connectivity index (χ2n) is 5.12. The van der Waals surface area contributed by atoms with Gasteiger partial charge < -0.3 is 9.47 Å². The molecule has 1 heterocycles. The van der Waals surface area contributed by atoms with Crippen LogP contribution < -0.4 is 4.74 Å². The molecule has 0 bridgehead atoms. The molecule has 0 aliphatic rings. The molecule has 5 nitrogen and oxygen atoms in total. The van der Waals surface area contributed by atoms with Crippen LogP contribution in [0.25, 0.3) is 22.5 Å². The van der Waals surface area contributed by atoms with Crippen LogP contribution in [0.5, 0.6) is 5.75 Å². The highest BCUT2D eigenvalue weighted by Crippen LogP contribution is 2.27. The van der Waals surface area contributed by atoms with E-state index in [1.165, 1.54) is 4.68 Å². The summed E-state index contributed by atoms with van der Waals surface area (Å²) in [5, 5.41) is 4.43. The van der Waals surface area contributed by atoms with Crippen molar-refractivity contribution in [3.63, 3.8) is 0 Å². The van der Waals surface area contributed by atoms with Crippen molar-refractivity contribution in [2.24, 2.45) is 0 Å². The quantitative estimate of drug-likeness (QED) is 0.721. The molecule has 0 radical (unpaired) electrons. The molecule has 0 fully saturated rings.